The lowest BCUT2D eigenvalue weighted by Crippen LogP contribution is -2.33. The molecule has 1 saturated heterocycles. The molecular formula is C15H23N3O2. The zero-order valence-electron chi connectivity index (χ0n) is 12.0. The molecule has 1 fully saturated rings. The van der Waals surface area contributed by atoms with Crippen LogP contribution in [0.5, 0.6) is 0 Å². The third-order valence-electron chi connectivity index (χ3n) is 3.47. The monoisotopic (exact) mass is 277 g/mol. The average molecular weight is 277 g/mol. The maximum Gasteiger partial charge on any atom is 0.270 e. The molecule has 0 spiro atoms. The number of aryl methyl sites for hydroxylation is 1. The lowest BCUT2D eigenvalue weighted by atomic mass is 10.1. The summed E-state index contributed by atoms with van der Waals surface area (Å²) < 4.78 is 5.79. The van der Waals surface area contributed by atoms with Crippen LogP contribution in [0.1, 0.15) is 35.3 Å². The third kappa shape index (κ3) is 4.58. The van der Waals surface area contributed by atoms with Crippen molar-refractivity contribution in [2.75, 3.05) is 26.2 Å². The van der Waals surface area contributed by atoms with Gasteiger partial charge in [-0.25, -0.2) is 0 Å². The number of hydrogen-bond acceptors (Lipinski definition) is 4. The SMILES string of the molecule is Cc1cccnc1C(=O)NCCCOC1CCNCC1. The highest BCUT2D eigenvalue weighted by atomic mass is 16.5. The first-order valence-electron chi connectivity index (χ1n) is 7.29. The molecule has 0 aliphatic carbocycles. The number of hydrogen-bond donors (Lipinski definition) is 2. The van der Waals surface area contributed by atoms with Gasteiger partial charge < -0.3 is 15.4 Å². The van der Waals surface area contributed by atoms with Crippen molar-refractivity contribution >= 4 is 5.91 Å². The molecule has 1 aromatic rings. The van der Waals surface area contributed by atoms with Crippen LogP contribution in [0.2, 0.25) is 0 Å². The molecule has 0 unspecified atom stereocenters. The van der Waals surface area contributed by atoms with E-state index in [9.17, 15) is 4.79 Å². The van der Waals surface area contributed by atoms with E-state index in [1.54, 1.807) is 6.20 Å². The number of pyridine rings is 1. The van der Waals surface area contributed by atoms with Gasteiger partial charge in [-0.3, -0.25) is 9.78 Å². The summed E-state index contributed by atoms with van der Waals surface area (Å²) in [6.07, 6.45) is 5.02. The fourth-order valence-corrected chi connectivity index (χ4v) is 2.29. The molecule has 2 N–H and O–H groups in total. The Kier molecular flexibility index (Phi) is 5.95. The van der Waals surface area contributed by atoms with E-state index in [0.29, 0.717) is 24.9 Å². The molecule has 2 rings (SSSR count). The highest BCUT2D eigenvalue weighted by molar-refractivity contribution is 5.93. The van der Waals surface area contributed by atoms with Crippen LogP contribution in [0, 0.1) is 6.92 Å². The molecule has 0 aromatic carbocycles. The highest BCUT2D eigenvalue weighted by Gasteiger charge is 2.13. The van der Waals surface area contributed by atoms with Gasteiger partial charge in [0.1, 0.15) is 5.69 Å². The smallest absolute Gasteiger partial charge is 0.270 e. The van der Waals surface area contributed by atoms with E-state index in [-0.39, 0.29) is 5.91 Å². The van der Waals surface area contributed by atoms with Crippen molar-refractivity contribution in [3.8, 4) is 0 Å². The molecule has 5 heteroatoms. The Balaban J connectivity index is 1.61. The van der Waals surface area contributed by atoms with Gasteiger partial charge in [0, 0.05) is 19.3 Å². The van der Waals surface area contributed by atoms with Gasteiger partial charge in [0.05, 0.1) is 6.10 Å². The topological polar surface area (TPSA) is 63.2 Å². The van der Waals surface area contributed by atoms with Crippen LogP contribution < -0.4 is 10.6 Å². The van der Waals surface area contributed by atoms with Gasteiger partial charge in [-0.2, -0.15) is 0 Å². The van der Waals surface area contributed by atoms with Crippen LogP contribution in [0.15, 0.2) is 18.3 Å². The number of aromatic nitrogens is 1. The van der Waals surface area contributed by atoms with E-state index >= 15 is 0 Å². The van der Waals surface area contributed by atoms with Gasteiger partial charge in [-0.1, -0.05) is 6.07 Å². The van der Waals surface area contributed by atoms with Crippen LogP contribution in [0.25, 0.3) is 0 Å². The van der Waals surface area contributed by atoms with Crippen LogP contribution in [-0.4, -0.2) is 43.2 Å². The van der Waals surface area contributed by atoms with Gasteiger partial charge in [-0.05, 0) is 50.9 Å². The van der Waals surface area contributed by atoms with Gasteiger partial charge in [0.15, 0.2) is 0 Å². The van der Waals surface area contributed by atoms with E-state index in [2.05, 4.69) is 15.6 Å². The van der Waals surface area contributed by atoms with Crippen molar-refractivity contribution in [3.05, 3.63) is 29.6 Å². The quantitative estimate of drug-likeness (QED) is 0.769. The van der Waals surface area contributed by atoms with Gasteiger partial charge in [0.2, 0.25) is 0 Å². The van der Waals surface area contributed by atoms with Gasteiger partial charge >= 0.3 is 0 Å². The Hall–Kier alpha value is -1.46. The number of nitrogens with zero attached hydrogens (tertiary/aromatic N) is 1. The molecule has 2 heterocycles. The summed E-state index contributed by atoms with van der Waals surface area (Å²) in [6.45, 7) is 5.30. The molecular weight excluding hydrogens is 254 g/mol. The van der Waals surface area contributed by atoms with Gasteiger partial charge in [-0.15, -0.1) is 0 Å². The van der Waals surface area contributed by atoms with Crippen molar-refractivity contribution in [1.29, 1.82) is 0 Å². The van der Waals surface area contributed by atoms with Crippen molar-refractivity contribution in [2.45, 2.75) is 32.3 Å². The predicted molar refractivity (Wildman–Crippen MR) is 77.8 cm³/mol. The fourth-order valence-electron chi connectivity index (χ4n) is 2.29. The molecule has 1 aliphatic heterocycles. The van der Waals surface area contributed by atoms with Crippen LogP contribution in [-0.2, 0) is 4.74 Å². The summed E-state index contributed by atoms with van der Waals surface area (Å²) in [5.41, 5.74) is 1.41. The number of nitrogens with one attached hydrogen (secondary N) is 2. The standard InChI is InChI=1S/C15H23N3O2/c1-12-4-2-7-17-14(12)15(19)18-8-3-11-20-13-5-9-16-10-6-13/h2,4,7,13,16H,3,5-6,8-11H2,1H3,(H,18,19). The van der Waals surface area contributed by atoms with Crippen LogP contribution in [0.3, 0.4) is 0 Å². The molecule has 1 aliphatic rings. The molecule has 0 radical (unpaired) electrons. The predicted octanol–water partition coefficient (Wildman–Crippen LogP) is 1.28. The summed E-state index contributed by atoms with van der Waals surface area (Å²) in [7, 11) is 0. The van der Waals surface area contributed by atoms with E-state index in [1.165, 1.54) is 0 Å². The van der Waals surface area contributed by atoms with E-state index in [0.717, 1.165) is 37.9 Å². The normalized spacial score (nSPS) is 16.1. The van der Waals surface area contributed by atoms with Crippen LogP contribution in [0.4, 0.5) is 0 Å². The third-order valence-corrected chi connectivity index (χ3v) is 3.47. The lowest BCUT2D eigenvalue weighted by Gasteiger charge is -2.22. The molecule has 0 atom stereocenters. The summed E-state index contributed by atoms with van der Waals surface area (Å²) in [5.74, 6) is -0.107. The molecule has 1 aromatic heterocycles. The molecule has 1 amide bonds. The number of rotatable bonds is 6. The number of amides is 1. The first-order valence-corrected chi connectivity index (χ1v) is 7.29. The molecule has 0 saturated carbocycles. The number of carbonyl (C=O) groups excluding carboxylic acids is 1. The first-order chi connectivity index (χ1) is 9.77. The lowest BCUT2D eigenvalue weighted by molar-refractivity contribution is 0.0317. The second-order valence-corrected chi connectivity index (χ2v) is 5.10. The Bertz CT molecular complexity index is 431. The Morgan fingerprint density at radius 3 is 3.05 bits per heavy atom. The molecule has 0 bridgehead atoms. The molecule has 110 valence electrons. The number of piperidine rings is 1. The first kappa shape index (κ1) is 14.9. The minimum atomic E-state index is -0.107. The number of carbonyl (C=O) groups is 1. The van der Waals surface area contributed by atoms with Crippen molar-refractivity contribution in [2.24, 2.45) is 0 Å². The second-order valence-electron chi connectivity index (χ2n) is 5.10. The summed E-state index contributed by atoms with van der Waals surface area (Å²) in [6, 6.07) is 3.72. The maximum absolute atomic E-state index is 11.9. The minimum Gasteiger partial charge on any atom is -0.378 e. The second kappa shape index (κ2) is 7.97. The van der Waals surface area contributed by atoms with Crippen molar-refractivity contribution < 1.29 is 9.53 Å². The Morgan fingerprint density at radius 1 is 1.50 bits per heavy atom. The average Bonchev–Trinajstić information content (AvgIpc) is 2.48. The summed E-state index contributed by atoms with van der Waals surface area (Å²) in [5, 5.41) is 6.19. The zero-order chi connectivity index (χ0) is 14.2. The minimum absolute atomic E-state index is 0.107. The Labute approximate surface area is 120 Å². The fraction of sp³-hybridized carbons (Fsp3) is 0.600. The summed E-state index contributed by atoms with van der Waals surface area (Å²) in [4.78, 5) is 16.0. The summed E-state index contributed by atoms with van der Waals surface area (Å²) >= 11 is 0. The molecule has 20 heavy (non-hydrogen) atoms. The van der Waals surface area contributed by atoms with Crippen molar-refractivity contribution in [1.82, 2.24) is 15.6 Å². The number of ether oxygens (including phenoxy) is 1. The zero-order valence-corrected chi connectivity index (χ0v) is 12.0. The van der Waals surface area contributed by atoms with E-state index < -0.39 is 0 Å². The van der Waals surface area contributed by atoms with E-state index in [1.807, 2.05) is 19.1 Å². The molecule has 5 nitrogen and oxygen atoms in total. The van der Waals surface area contributed by atoms with Crippen molar-refractivity contribution in [3.63, 3.8) is 0 Å². The van der Waals surface area contributed by atoms with Crippen LogP contribution >= 0.6 is 0 Å². The largest absolute Gasteiger partial charge is 0.378 e. The Morgan fingerprint density at radius 2 is 2.30 bits per heavy atom. The highest BCUT2D eigenvalue weighted by Crippen LogP contribution is 2.07. The van der Waals surface area contributed by atoms with E-state index in [4.69, 9.17) is 4.74 Å². The van der Waals surface area contributed by atoms with Gasteiger partial charge in [0.25, 0.3) is 5.91 Å². The maximum atomic E-state index is 11.9.